The number of imide groups is 1. The van der Waals surface area contributed by atoms with Crippen LogP contribution in [0.1, 0.15) is 28.8 Å². The zero-order valence-electron chi connectivity index (χ0n) is 14.5. The molecule has 0 saturated carbocycles. The summed E-state index contributed by atoms with van der Waals surface area (Å²) >= 11 is 0. The van der Waals surface area contributed by atoms with E-state index in [1.54, 1.807) is 0 Å². The molecule has 146 valence electrons. The monoisotopic (exact) mass is 392 g/mol. The molecule has 1 aliphatic heterocycles. The number of ether oxygens (including phenoxy) is 1. The van der Waals surface area contributed by atoms with Crippen molar-refractivity contribution in [3.8, 4) is 5.75 Å². The Morgan fingerprint density at radius 3 is 2.07 bits per heavy atom. The van der Waals surface area contributed by atoms with Crippen molar-refractivity contribution in [2.75, 3.05) is 4.90 Å². The maximum absolute atomic E-state index is 12.2. The van der Waals surface area contributed by atoms with Gasteiger partial charge in [-0.1, -0.05) is 12.1 Å². The van der Waals surface area contributed by atoms with Crippen molar-refractivity contribution >= 4 is 23.4 Å². The molecule has 6 nitrogen and oxygen atoms in total. The van der Waals surface area contributed by atoms with E-state index in [0.29, 0.717) is 16.8 Å². The number of amides is 3. The van der Waals surface area contributed by atoms with Gasteiger partial charge in [-0.25, -0.2) is 0 Å². The van der Waals surface area contributed by atoms with E-state index in [4.69, 9.17) is 0 Å². The largest absolute Gasteiger partial charge is 0.573 e. The highest BCUT2D eigenvalue weighted by Crippen LogP contribution is 2.24. The Kier molecular flexibility index (Phi) is 5.34. The smallest absolute Gasteiger partial charge is 0.406 e. The highest BCUT2D eigenvalue weighted by Gasteiger charge is 2.31. The molecule has 0 bridgehead atoms. The Hall–Kier alpha value is -3.36. The minimum absolute atomic E-state index is 0.107. The van der Waals surface area contributed by atoms with E-state index < -0.39 is 12.3 Å². The van der Waals surface area contributed by atoms with Crippen LogP contribution in [0.15, 0.2) is 48.5 Å². The molecule has 1 N–H and O–H groups in total. The fraction of sp³-hybridized carbons (Fsp3) is 0.211. The fourth-order valence-electron chi connectivity index (χ4n) is 2.72. The first-order valence-electron chi connectivity index (χ1n) is 8.32. The number of alkyl halides is 3. The van der Waals surface area contributed by atoms with Crippen molar-refractivity contribution in [3.05, 3.63) is 59.7 Å². The molecule has 3 amide bonds. The molecular weight excluding hydrogens is 377 g/mol. The molecule has 0 atom stereocenters. The van der Waals surface area contributed by atoms with E-state index in [2.05, 4.69) is 10.1 Å². The number of rotatable bonds is 5. The lowest BCUT2D eigenvalue weighted by atomic mass is 10.1. The molecule has 28 heavy (non-hydrogen) atoms. The van der Waals surface area contributed by atoms with Crippen LogP contribution >= 0.6 is 0 Å². The third-order valence-corrected chi connectivity index (χ3v) is 4.05. The van der Waals surface area contributed by atoms with Gasteiger partial charge in [0, 0.05) is 24.9 Å². The van der Waals surface area contributed by atoms with Gasteiger partial charge in [-0.2, -0.15) is 0 Å². The summed E-state index contributed by atoms with van der Waals surface area (Å²) in [5, 5.41) is 2.64. The normalized spacial score (nSPS) is 14.3. The summed E-state index contributed by atoms with van der Waals surface area (Å²) in [5.41, 5.74) is 1.32. The third-order valence-electron chi connectivity index (χ3n) is 4.05. The highest BCUT2D eigenvalue weighted by molar-refractivity contribution is 6.19. The van der Waals surface area contributed by atoms with Gasteiger partial charge in [0.15, 0.2) is 0 Å². The van der Waals surface area contributed by atoms with Crippen LogP contribution in [-0.4, -0.2) is 24.1 Å². The fourth-order valence-corrected chi connectivity index (χ4v) is 2.72. The first-order chi connectivity index (χ1) is 13.2. The zero-order valence-corrected chi connectivity index (χ0v) is 14.5. The van der Waals surface area contributed by atoms with Crippen molar-refractivity contribution in [3.63, 3.8) is 0 Å². The number of carbonyl (C=O) groups is 3. The molecule has 0 spiro atoms. The molecular formula is C19H15F3N2O4. The van der Waals surface area contributed by atoms with E-state index in [-0.39, 0.29) is 37.0 Å². The first kappa shape index (κ1) is 19.4. The predicted octanol–water partition coefficient (Wildman–Crippen LogP) is 3.17. The molecule has 0 aromatic heterocycles. The molecule has 1 aliphatic rings. The minimum Gasteiger partial charge on any atom is -0.406 e. The van der Waals surface area contributed by atoms with Gasteiger partial charge in [-0.05, 0) is 42.0 Å². The number of nitrogens with zero attached hydrogens (tertiary/aromatic N) is 1. The Bertz CT molecular complexity index is 877. The van der Waals surface area contributed by atoms with Crippen molar-refractivity contribution < 1.29 is 32.3 Å². The molecule has 1 heterocycles. The maximum Gasteiger partial charge on any atom is 0.573 e. The Morgan fingerprint density at radius 2 is 1.54 bits per heavy atom. The van der Waals surface area contributed by atoms with Crippen molar-refractivity contribution in [2.24, 2.45) is 0 Å². The zero-order chi connectivity index (χ0) is 20.3. The van der Waals surface area contributed by atoms with Gasteiger partial charge in [0.2, 0.25) is 11.8 Å². The lowest BCUT2D eigenvalue weighted by molar-refractivity contribution is -0.274. The molecule has 3 rings (SSSR count). The summed E-state index contributed by atoms with van der Waals surface area (Å²) in [5.74, 6) is -1.30. The molecule has 0 radical (unpaired) electrons. The number of benzene rings is 2. The predicted molar refractivity (Wildman–Crippen MR) is 92.5 cm³/mol. The molecule has 1 fully saturated rings. The second-order valence-corrected chi connectivity index (χ2v) is 6.04. The van der Waals surface area contributed by atoms with Gasteiger partial charge < -0.3 is 10.1 Å². The average Bonchev–Trinajstić information content (AvgIpc) is 2.98. The Morgan fingerprint density at radius 1 is 0.964 bits per heavy atom. The molecule has 2 aromatic carbocycles. The van der Waals surface area contributed by atoms with E-state index in [0.717, 1.165) is 17.0 Å². The van der Waals surface area contributed by atoms with Gasteiger partial charge in [0.25, 0.3) is 5.91 Å². The van der Waals surface area contributed by atoms with Gasteiger partial charge in [0.05, 0.1) is 5.69 Å². The molecule has 9 heteroatoms. The van der Waals surface area contributed by atoms with E-state index in [1.165, 1.54) is 36.4 Å². The van der Waals surface area contributed by atoms with Crippen LogP contribution in [0.4, 0.5) is 18.9 Å². The van der Waals surface area contributed by atoms with E-state index in [9.17, 15) is 27.6 Å². The molecule has 2 aromatic rings. The Labute approximate surface area is 157 Å². The van der Waals surface area contributed by atoms with Crippen LogP contribution in [0.2, 0.25) is 0 Å². The van der Waals surface area contributed by atoms with Gasteiger partial charge in [-0.3, -0.25) is 19.3 Å². The summed E-state index contributed by atoms with van der Waals surface area (Å²) in [6.07, 6.45) is -4.41. The van der Waals surface area contributed by atoms with Gasteiger partial charge >= 0.3 is 6.36 Å². The SMILES string of the molecule is O=C(NCc1ccc(OC(F)(F)F)cc1)c1ccc(N2C(=O)CCC2=O)cc1. The van der Waals surface area contributed by atoms with E-state index in [1.807, 2.05) is 0 Å². The third kappa shape index (κ3) is 4.67. The summed E-state index contributed by atoms with van der Waals surface area (Å²) < 4.78 is 40.2. The average molecular weight is 392 g/mol. The second-order valence-electron chi connectivity index (χ2n) is 6.04. The highest BCUT2D eigenvalue weighted by atomic mass is 19.4. The lowest BCUT2D eigenvalue weighted by Gasteiger charge is -2.14. The van der Waals surface area contributed by atoms with Crippen LogP contribution in [0.5, 0.6) is 5.75 Å². The first-order valence-corrected chi connectivity index (χ1v) is 8.32. The maximum atomic E-state index is 12.2. The second kappa shape index (κ2) is 7.71. The number of nitrogens with one attached hydrogen (secondary N) is 1. The summed E-state index contributed by atoms with van der Waals surface area (Å²) in [6, 6.07) is 11.2. The van der Waals surface area contributed by atoms with Gasteiger partial charge in [-0.15, -0.1) is 13.2 Å². The van der Waals surface area contributed by atoms with Gasteiger partial charge in [0.1, 0.15) is 5.75 Å². The standard InChI is InChI=1S/C19H15F3N2O4/c20-19(21,22)28-15-7-1-12(2-8-15)11-23-18(27)13-3-5-14(6-4-13)24-16(25)9-10-17(24)26/h1-8H,9-11H2,(H,23,27). The summed E-state index contributed by atoms with van der Waals surface area (Å²) in [6.45, 7) is 0.107. The molecule has 1 saturated heterocycles. The minimum atomic E-state index is -4.76. The quantitative estimate of drug-likeness (QED) is 0.794. The van der Waals surface area contributed by atoms with Crippen molar-refractivity contribution in [1.82, 2.24) is 5.32 Å². The molecule has 0 unspecified atom stereocenters. The van der Waals surface area contributed by atoms with Crippen LogP contribution in [0.25, 0.3) is 0 Å². The topological polar surface area (TPSA) is 75.7 Å². The summed E-state index contributed by atoms with van der Waals surface area (Å²) in [7, 11) is 0. The van der Waals surface area contributed by atoms with Crippen LogP contribution in [0, 0.1) is 0 Å². The molecule has 0 aliphatic carbocycles. The number of halogens is 3. The Balaban J connectivity index is 1.58. The van der Waals surface area contributed by atoms with E-state index >= 15 is 0 Å². The van der Waals surface area contributed by atoms with Crippen molar-refractivity contribution in [2.45, 2.75) is 25.7 Å². The number of hydrogen-bond acceptors (Lipinski definition) is 4. The van der Waals surface area contributed by atoms with Crippen LogP contribution < -0.4 is 15.0 Å². The van der Waals surface area contributed by atoms with Crippen molar-refractivity contribution in [1.29, 1.82) is 0 Å². The number of hydrogen-bond donors (Lipinski definition) is 1. The van der Waals surface area contributed by atoms with Crippen LogP contribution in [0.3, 0.4) is 0 Å². The number of anilines is 1. The number of carbonyl (C=O) groups excluding carboxylic acids is 3. The lowest BCUT2D eigenvalue weighted by Crippen LogP contribution is -2.28. The van der Waals surface area contributed by atoms with Crippen LogP contribution in [-0.2, 0) is 16.1 Å². The summed E-state index contributed by atoms with van der Waals surface area (Å²) in [4.78, 5) is 36.7.